The SMILES string of the molecule is CCNC(Cc1ccn(C2CCCC2)n1)C1CCCC1. The Balaban J connectivity index is 1.62. The van der Waals surface area contributed by atoms with Crippen molar-refractivity contribution in [1.82, 2.24) is 15.1 Å². The normalized spacial score (nSPS) is 22.6. The molecule has 112 valence electrons. The first-order valence-corrected chi connectivity index (χ1v) is 8.64. The number of nitrogens with zero attached hydrogens (tertiary/aromatic N) is 2. The first-order chi connectivity index (χ1) is 9.86. The van der Waals surface area contributed by atoms with Gasteiger partial charge in [0.1, 0.15) is 0 Å². The van der Waals surface area contributed by atoms with Crippen molar-refractivity contribution in [3.63, 3.8) is 0 Å². The molecule has 0 spiro atoms. The molecule has 3 heteroatoms. The molecule has 3 rings (SSSR count). The Morgan fingerprint density at radius 3 is 2.60 bits per heavy atom. The standard InChI is InChI=1S/C17H29N3/c1-2-18-17(14-7-3-4-8-14)13-15-11-12-20(19-15)16-9-5-6-10-16/h11-12,14,16-18H,2-10,13H2,1H3. The van der Waals surface area contributed by atoms with Crippen LogP contribution in [0.5, 0.6) is 0 Å². The monoisotopic (exact) mass is 275 g/mol. The Bertz CT molecular complexity index is 400. The van der Waals surface area contributed by atoms with E-state index >= 15 is 0 Å². The van der Waals surface area contributed by atoms with Crippen molar-refractivity contribution >= 4 is 0 Å². The highest BCUT2D eigenvalue weighted by Crippen LogP contribution is 2.30. The first kappa shape index (κ1) is 14.1. The fourth-order valence-corrected chi connectivity index (χ4v) is 4.11. The maximum atomic E-state index is 4.86. The minimum Gasteiger partial charge on any atom is -0.314 e. The van der Waals surface area contributed by atoms with E-state index in [9.17, 15) is 0 Å². The Hall–Kier alpha value is -0.830. The largest absolute Gasteiger partial charge is 0.314 e. The second-order valence-corrected chi connectivity index (χ2v) is 6.64. The first-order valence-electron chi connectivity index (χ1n) is 8.64. The molecule has 1 aromatic rings. The van der Waals surface area contributed by atoms with Crippen molar-refractivity contribution in [2.24, 2.45) is 5.92 Å². The smallest absolute Gasteiger partial charge is 0.0640 e. The highest BCUT2D eigenvalue weighted by molar-refractivity contribution is 5.04. The zero-order valence-electron chi connectivity index (χ0n) is 12.9. The minimum absolute atomic E-state index is 0.634. The lowest BCUT2D eigenvalue weighted by atomic mass is 9.94. The van der Waals surface area contributed by atoms with Gasteiger partial charge in [0.25, 0.3) is 0 Å². The van der Waals surface area contributed by atoms with Gasteiger partial charge in [0.05, 0.1) is 11.7 Å². The molecule has 3 nitrogen and oxygen atoms in total. The molecule has 1 unspecified atom stereocenters. The molecule has 1 aromatic heterocycles. The summed E-state index contributed by atoms with van der Waals surface area (Å²) in [5.74, 6) is 0.867. The Morgan fingerprint density at radius 2 is 1.90 bits per heavy atom. The van der Waals surface area contributed by atoms with Crippen molar-refractivity contribution in [3.8, 4) is 0 Å². The maximum absolute atomic E-state index is 4.86. The quantitative estimate of drug-likeness (QED) is 0.857. The summed E-state index contributed by atoms with van der Waals surface area (Å²) in [5.41, 5.74) is 1.29. The lowest BCUT2D eigenvalue weighted by Crippen LogP contribution is -2.37. The molecule has 0 aromatic carbocycles. The summed E-state index contributed by atoms with van der Waals surface area (Å²) < 4.78 is 2.24. The summed E-state index contributed by atoms with van der Waals surface area (Å²) in [5, 5.41) is 8.56. The number of rotatable bonds is 6. The van der Waals surface area contributed by atoms with Crippen molar-refractivity contribution in [2.75, 3.05) is 6.54 Å². The van der Waals surface area contributed by atoms with Crippen molar-refractivity contribution in [3.05, 3.63) is 18.0 Å². The number of aromatic nitrogens is 2. The van der Waals surface area contributed by atoms with E-state index in [0.29, 0.717) is 12.1 Å². The molecule has 0 radical (unpaired) electrons. The van der Waals surface area contributed by atoms with Crippen molar-refractivity contribution in [2.45, 2.75) is 76.8 Å². The molecule has 2 fully saturated rings. The second-order valence-electron chi connectivity index (χ2n) is 6.64. The predicted molar refractivity (Wildman–Crippen MR) is 82.9 cm³/mol. The number of hydrogen-bond acceptors (Lipinski definition) is 2. The van der Waals surface area contributed by atoms with Gasteiger partial charge in [0, 0.05) is 18.7 Å². The van der Waals surface area contributed by atoms with Gasteiger partial charge in [-0.05, 0) is 44.2 Å². The van der Waals surface area contributed by atoms with Gasteiger partial charge in [-0.2, -0.15) is 5.10 Å². The molecule has 2 saturated carbocycles. The van der Waals surface area contributed by atoms with Crippen LogP contribution in [0.2, 0.25) is 0 Å². The van der Waals surface area contributed by atoms with Crippen LogP contribution in [0.3, 0.4) is 0 Å². The Kier molecular flexibility index (Phi) is 4.77. The van der Waals surface area contributed by atoms with E-state index in [1.807, 2.05) is 0 Å². The summed E-state index contributed by atoms with van der Waals surface area (Å²) in [6.45, 7) is 3.30. The van der Waals surface area contributed by atoms with Gasteiger partial charge in [0.2, 0.25) is 0 Å². The molecular formula is C17H29N3. The average molecular weight is 275 g/mol. The maximum Gasteiger partial charge on any atom is 0.0640 e. The van der Waals surface area contributed by atoms with Crippen LogP contribution in [-0.4, -0.2) is 22.4 Å². The fraction of sp³-hybridized carbons (Fsp3) is 0.824. The van der Waals surface area contributed by atoms with E-state index < -0.39 is 0 Å². The molecular weight excluding hydrogens is 246 g/mol. The Labute approximate surface area is 123 Å². The highest BCUT2D eigenvalue weighted by Gasteiger charge is 2.25. The topological polar surface area (TPSA) is 29.9 Å². The molecule has 0 aliphatic heterocycles. The van der Waals surface area contributed by atoms with Crippen LogP contribution in [0.4, 0.5) is 0 Å². The van der Waals surface area contributed by atoms with Crippen molar-refractivity contribution < 1.29 is 0 Å². The minimum atomic E-state index is 0.634. The molecule has 0 amide bonds. The molecule has 20 heavy (non-hydrogen) atoms. The van der Waals surface area contributed by atoms with Crippen LogP contribution in [0.25, 0.3) is 0 Å². The number of likely N-dealkylation sites (N-methyl/N-ethyl adjacent to an activating group) is 1. The van der Waals surface area contributed by atoms with E-state index in [1.54, 1.807) is 0 Å². The fourth-order valence-electron chi connectivity index (χ4n) is 4.11. The molecule has 0 bridgehead atoms. The zero-order valence-corrected chi connectivity index (χ0v) is 12.9. The second kappa shape index (κ2) is 6.75. The van der Waals surface area contributed by atoms with Crippen LogP contribution in [0.15, 0.2) is 12.3 Å². The van der Waals surface area contributed by atoms with Crippen LogP contribution in [-0.2, 0) is 6.42 Å². The molecule has 1 heterocycles. The van der Waals surface area contributed by atoms with Crippen LogP contribution in [0, 0.1) is 5.92 Å². The average Bonchev–Trinajstić information content (AvgIpc) is 3.20. The van der Waals surface area contributed by atoms with Gasteiger partial charge in [-0.15, -0.1) is 0 Å². The summed E-state index contributed by atoms with van der Waals surface area (Å²) >= 11 is 0. The van der Waals surface area contributed by atoms with Gasteiger partial charge in [-0.25, -0.2) is 0 Å². The van der Waals surface area contributed by atoms with E-state index in [-0.39, 0.29) is 0 Å². The third-order valence-electron chi connectivity index (χ3n) is 5.23. The molecule has 2 aliphatic rings. The molecule has 1 N–H and O–H groups in total. The van der Waals surface area contributed by atoms with E-state index in [2.05, 4.69) is 29.2 Å². The number of hydrogen-bond donors (Lipinski definition) is 1. The third-order valence-corrected chi connectivity index (χ3v) is 5.23. The van der Waals surface area contributed by atoms with E-state index in [0.717, 1.165) is 18.9 Å². The summed E-state index contributed by atoms with van der Waals surface area (Å²) in [7, 11) is 0. The van der Waals surface area contributed by atoms with E-state index in [4.69, 9.17) is 5.10 Å². The molecule has 0 saturated heterocycles. The van der Waals surface area contributed by atoms with Crippen molar-refractivity contribution in [1.29, 1.82) is 0 Å². The molecule has 2 aliphatic carbocycles. The van der Waals surface area contributed by atoms with E-state index in [1.165, 1.54) is 57.1 Å². The van der Waals surface area contributed by atoms with Gasteiger partial charge in [-0.3, -0.25) is 4.68 Å². The van der Waals surface area contributed by atoms with Crippen LogP contribution < -0.4 is 5.32 Å². The summed E-state index contributed by atoms with van der Waals surface area (Å²) in [4.78, 5) is 0. The number of nitrogens with one attached hydrogen (secondary N) is 1. The summed E-state index contributed by atoms with van der Waals surface area (Å²) in [6.07, 6.45) is 14.4. The lowest BCUT2D eigenvalue weighted by Gasteiger charge is -2.23. The zero-order chi connectivity index (χ0) is 13.8. The summed E-state index contributed by atoms with van der Waals surface area (Å²) in [6, 6.07) is 3.56. The molecule has 1 atom stereocenters. The van der Waals surface area contributed by atoms with Crippen LogP contribution in [0.1, 0.15) is 70.0 Å². The van der Waals surface area contributed by atoms with Crippen LogP contribution >= 0.6 is 0 Å². The Morgan fingerprint density at radius 1 is 1.20 bits per heavy atom. The van der Waals surface area contributed by atoms with Gasteiger partial charge < -0.3 is 5.32 Å². The highest BCUT2D eigenvalue weighted by atomic mass is 15.3. The van der Waals surface area contributed by atoms with Gasteiger partial charge in [-0.1, -0.05) is 32.6 Å². The predicted octanol–water partition coefficient (Wildman–Crippen LogP) is 3.71. The van der Waals surface area contributed by atoms with Gasteiger partial charge in [0.15, 0.2) is 0 Å². The third kappa shape index (κ3) is 3.25. The lowest BCUT2D eigenvalue weighted by molar-refractivity contribution is 0.357. The van der Waals surface area contributed by atoms with Gasteiger partial charge >= 0.3 is 0 Å².